The molecule has 0 heterocycles. The van der Waals surface area contributed by atoms with Crippen molar-refractivity contribution in [3.05, 3.63) is 129 Å². The third-order valence-electron chi connectivity index (χ3n) is 7.43. The van der Waals surface area contributed by atoms with Gasteiger partial charge in [0.25, 0.3) is 10.0 Å². The van der Waals surface area contributed by atoms with Crippen LogP contribution in [0.1, 0.15) is 36.1 Å². The third kappa shape index (κ3) is 8.66. The fourth-order valence-corrected chi connectivity index (χ4v) is 6.65. The number of halogens is 2. The minimum absolute atomic E-state index is 0.00904. The number of nitrogens with one attached hydrogen (secondary N) is 1. The molecule has 0 aliphatic carbocycles. The number of hydrogen-bond donors (Lipinski definition) is 1. The lowest BCUT2D eigenvalue weighted by molar-refractivity contribution is -0.140. The molecule has 4 aromatic rings. The van der Waals surface area contributed by atoms with Crippen LogP contribution in [0.4, 0.5) is 5.69 Å². The molecule has 1 atom stereocenters. The molecule has 2 amide bonds. The average molecular weight is 667 g/mol. The zero-order chi connectivity index (χ0) is 32.7. The molecule has 1 N–H and O–H groups in total. The molecule has 45 heavy (non-hydrogen) atoms. The van der Waals surface area contributed by atoms with Crippen LogP contribution in [0.5, 0.6) is 0 Å². The zero-order valence-corrected chi connectivity index (χ0v) is 28.0. The van der Waals surface area contributed by atoms with Crippen molar-refractivity contribution >= 4 is 50.7 Å². The van der Waals surface area contributed by atoms with Crippen molar-refractivity contribution in [2.24, 2.45) is 0 Å². The summed E-state index contributed by atoms with van der Waals surface area (Å²) in [5.74, 6) is -0.912. The molecule has 0 aliphatic rings. The highest BCUT2D eigenvalue weighted by atomic mass is 35.5. The van der Waals surface area contributed by atoms with Crippen LogP contribution in [-0.4, -0.2) is 43.8 Å². The zero-order valence-electron chi connectivity index (χ0n) is 25.7. The Morgan fingerprint density at radius 2 is 1.42 bits per heavy atom. The van der Waals surface area contributed by atoms with Crippen molar-refractivity contribution in [3.63, 3.8) is 0 Å². The van der Waals surface area contributed by atoms with E-state index in [1.807, 2.05) is 64.1 Å². The van der Waals surface area contributed by atoms with Crippen LogP contribution >= 0.6 is 23.2 Å². The first-order chi connectivity index (χ1) is 21.4. The van der Waals surface area contributed by atoms with E-state index in [0.717, 1.165) is 21.0 Å². The van der Waals surface area contributed by atoms with Gasteiger partial charge in [-0.2, -0.15) is 0 Å². The summed E-state index contributed by atoms with van der Waals surface area (Å²) in [5, 5.41) is 3.60. The lowest BCUT2D eigenvalue weighted by Crippen LogP contribution is -2.54. The van der Waals surface area contributed by atoms with E-state index >= 15 is 0 Å². The van der Waals surface area contributed by atoms with Gasteiger partial charge in [0, 0.05) is 19.0 Å². The average Bonchev–Trinajstić information content (AvgIpc) is 3.01. The van der Waals surface area contributed by atoms with Gasteiger partial charge in [-0.15, -0.1) is 0 Å². The lowest BCUT2D eigenvalue weighted by Gasteiger charge is -2.34. The first kappa shape index (κ1) is 34.0. The largest absolute Gasteiger partial charge is 0.352 e. The quantitative estimate of drug-likeness (QED) is 0.177. The first-order valence-corrected chi connectivity index (χ1v) is 16.8. The Kier molecular flexibility index (Phi) is 11.3. The molecule has 4 aromatic carbocycles. The molecule has 0 saturated heterocycles. The Labute approximate surface area is 275 Å². The molecule has 0 aliphatic heterocycles. The van der Waals surface area contributed by atoms with Gasteiger partial charge in [0.15, 0.2) is 0 Å². The molecule has 0 radical (unpaired) electrons. The van der Waals surface area contributed by atoms with Gasteiger partial charge < -0.3 is 10.2 Å². The summed E-state index contributed by atoms with van der Waals surface area (Å²) in [6.45, 7) is 6.96. The third-order valence-corrected chi connectivity index (χ3v) is 9.95. The van der Waals surface area contributed by atoms with Gasteiger partial charge >= 0.3 is 0 Å². The van der Waals surface area contributed by atoms with Gasteiger partial charge in [-0.25, -0.2) is 8.42 Å². The maximum atomic E-state index is 14.5. The highest BCUT2D eigenvalue weighted by Crippen LogP contribution is 2.28. The maximum absolute atomic E-state index is 14.5. The van der Waals surface area contributed by atoms with Gasteiger partial charge in [0.2, 0.25) is 11.8 Å². The van der Waals surface area contributed by atoms with Crippen LogP contribution in [0.25, 0.3) is 0 Å². The van der Waals surface area contributed by atoms with Crippen molar-refractivity contribution < 1.29 is 18.0 Å². The smallest absolute Gasteiger partial charge is 0.264 e. The fourth-order valence-electron chi connectivity index (χ4n) is 4.90. The highest BCUT2D eigenvalue weighted by Gasteiger charge is 2.35. The van der Waals surface area contributed by atoms with Gasteiger partial charge in [-0.3, -0.25) is 13.9 Å². The number of carbonyl (C=O) groups is 2. The Morgan fingerprint density at radius 1 is 0.778 bits per heavy atom. The highest BCUT2D eigenvalue weighted by molar-refractivity contribution is 7.92. The van der Waals surface area contributed by atoms with Gasteiger partial charge in [0.1, 0.15) is 12.6 Å². The van der Waals surface area contributed by atoms with Crippen LogP contribution in [-0.2, 0) is 32.6 Å². The van der Waals surface area contributed by atoms with E-state index in [-0.39, 0.29) is 29.8 Å². The van der Waals surface area contributed by atoms with E-state index in [2.05, 4.69) is 5.32 Å². The van der Waals surface area contributed by atoms with Crippen molar-refractivity contribution in [1.82, 2.24) is 10.2 Å². The van der Waals surface area contributed by atoms with Crippen molar-refractivity contribution in [2.75, 3.05) is 10.8 Å². The molecule has 0 saturated carbocycles. The Balaban J connectivity index is 1.83. The number of hydrogen-bond acceptors (Lipinski definition) is 4. The lowest BCUT2D eigenvalue weighted by atomic mass is 10.0. The summed E-state index contributed by atoms with van der Waals surface area (Å²) in [6.07, 6.45) is 0.210. The topological polar surface area (TPSA) is 86.8 Å². The standard InChI is InChI=1S/C35H37Cl2N3O4S/c1-24(2)38-35(42)33(21-27-11-7-5-8-12-27)39(22-28-16-18-31(36)32(37)20-28)34(41)23-40(29-17-15-25(3)26(4)19-29)45(43,44)30-13-9-6-10-14-30/h5-20,24,33H,21-23H2,1-4H3,(H,38,42). The van der Waals surface area contributed by atoms with Crippen LogP contribution in [0.15, 0.2) is 102 Å². The van der Waals surface area contributed by atoms with Gasteiger partial charge in [0.05, 0.1) is 20.6 Å². The molecule has 0 bridgehead atoms. The predicted octanol–water partition coefficient (Wildman–Crippen LogP) is 6.97. The minimum atomic E-state index is -4.17. The van der Waals surface area contributed by atoms with Crippen LogP contribution in [0.3, 0.4) is 0 Å². The van der Waals surface area contributed by atoms with E-state index in [0.29, 0.717) is 21.3 Å². The number of nitrogens with zero attached hydrogens (tertiary/aromatic N) is 2. The number of rotatable bonds is 12. The van der Waals surface area contributed by atoms with Crippen molar-refractivity contribution in [2.45, 2.75) is 57.6 Å². The SMILES string of the molecule is Cc1ccc(N(CC(=O)N(Cc2ccc(Cl)c(Cl)c2)C(Cc2ccccc2)C(=O)NC(C)C)S(=O)(=O)c2ccccc2)cc1C. The Bertz CT molecular complexity index is 1750. The monoisotopic (exact) mass is 665 g/mol. The molecule has 236 valence electrons. The molecule has 7 nitrogen and oxygen atoms in total. The second kappa shape index (κ2) is 15.0. The Morgan fingerprint density at radius 3 is 2.02 bits per heavy atom. The van der Waals surface area contributed by atoms with Gasteiger partial charge in [-0.05, 0) is 86.3 Å². The number of aryl methyl sites for hydroxylation is 2. The van der Waals surface area contributed by atoms with E-state index in [9.17, 15) is 18.0 Å². The van der Waals surface area contributed by atoms with Crippen LogP contribution in [0, 0.1) is 13.8 Å². The first-order valence-electron chi connectivity index (χ1n) is 14.6. The summed E-state index contributed by atoms with van der Waals surface area (Å²) in [5.41, 5.74) is 3.68. The minimum Gasteiger partial charge on any atom is -0.352 e. The number of amides is 2. The number of benzene rings is 4. The summed E-state index contributed by atoms with van der Waals surface area (Å²) in [6, 6.07) is 26.5. The molecular weight excluding hydrogens is 629 g/mol. The second-order valence-electron chi connectivity index (χ2n) is 11.2. The summed E-state index contributed by atoms with van der Waals surface area (Å²) in [7, 11) is -4.17. The van der Waals surface area contributed by atoms with E-state index in [4.69, 9.17) is 23.2 Å². The predicted molar refractivity (Wildman–Crippen MR) is 181 cm³/mol. The molecule has 10 heteroatoms. The normalized spacial score (nSPS) is 12.1. The molecule has 4 rings (SSSR count). The Hall–Kier alpha value is -3.85. The van der Waals surface area contributed by atoms with Gasteiger partial charge in [-0.1, -0.05) is 83.9 Å². The van der Waals surface area contributed by atoms with E-state index in [1.165, 1.54) is 17.0 Å². The van der Waals surface area contributed by atoms with Crippen LogP contribution in [0.2, 0.25) is 10.0 Å². The molecule has 0 spiro atoms. The molecule has 1 unspecified atom stereocenters. The number of carbonyl (C=O) groups excluding carboxylic acids is 2. The fraction of sp³-hybridized carbons (Fsp3) is 0.257. The van der Waals surface area contributed by atoms with E-state index < -0.39 is 28.5 Å². The van der Waals surface area contributed by atoms with E-state index in [1.54, 1.807) is 48.5 Å². The van der Waals surface area contributed by atoms with Crippen LogP contribution < -0.4 is 9.62 Å². The number of sulfonamides is 1. The maximum Gasteiger partial charge on any atom is 0.264 e. The summed E-state index contributed by atoms with van der Waals surface area (Å²) in [4.78, 5) is 29.8. The summed E-state index contributed by atoms with van der Waals surface area (Å²) >= 11 is 12.5. The molecular formula is C35H37Cl2N3O4S. The second-order valence-corrected chi connectivity index (χ2v) is 13.9. The van der Waals surface area contributed by atoms with Crippen molar-refractivity contribution in [1.29, 1.82) is 0 Å². The number of anilines is 1. The summed E-state index contributed by atoms with van der Waals surface area (Å²) < 4.78 is 29.3. The van der Waals surface area contributed by atoms with Crippen molar-refractivity contribution in [3.8, 4) is 0 Å². The molecule has 0 fully saturated rings. The molecule has 0 aromatic heterocycles.